The van der Waals surface area contributed by atoms with E-state index in [1.54, 1.807) is 25.2 Å². The molecular weight excluding hydrogens is 293 g/mol. The zero-order valence-corrected chi connectivity index (χ0v) is 12.6. The van der Waals surface area contributed by atoms with E-state index in [1.807, 2.05) is 0 Å². The van der Waals surface area contributed by atoms with Crippen LogP contribution in [0.2, 0.25) is 0 Å². The third kappa shape index (κ3) is 3.37. The maximum atomic E-state index is 12.9. The summed E-state index contributed by atoms with van der Waals surface area (Å²) in [7, 11) is -0.551. The maximum Gasteiger partial charge on any atom is 0.246 e. The highest BCUT2D eigenvalue weighted by molar-refractivity contribution is 7.89. The summed E-state index contributed by atoms with van der Waals surface area (Å²) in [6.07, 6.45) is 2.83. The van der Waals surface area contributed by atoms with E-state index in [0.29, 0.717) is 11.3 Å². The molecule has 21 heavy (non-hydrogen) atoms. The van der Waals surface area contributed by atoms with Crippen LogP contribution in [0.5, 0.6) is 0 Å². The molecule has 0 aliphatic heterocycles. The predicted molar refractivity (Wildman–Crippen MR) is 78.8 cm³/mol. The van der Waals surface area contributed by atoms with Gasteiger partial charge < -0.3 is 5.32 Å². The molecule has 0 bridgehead atoms. The molecule has 1 N–H and O–H groups in total. The van der Waals surface area contributed by atoms with Crippen LogP contribution in [0.25, 0.3) is 0 Å². The first-order chi connectivity index (χ1) is 9.95. The van der Waals surface area contributed by atoms with Crippen molar-refractivity contribution in [3.05, 3.63) is 54.1 Å². The second-order valence-corrected chi connectivity index (χ2v) is 6.52. The molecule has 1 aromatic heterocycles. The predicted octanol–water partition coefficient (Wildman–Crippen LogP) is 2.08. The summed E-state index contributed by atoms with van der Waals surface area (Å²) in [6.45, 7) is 0.153. The first kappa shape index (κ1) is 15.4. The molecule has 0 aliphatic rings. The lowest BCUT2D eigenvalue weighted by atomic mass is 10.2. The largest absolute Gasteiger partial charge is 0.387 e. The average molecular weight is 309 g/mol. The van der Waals surface area contributed by atoms with Crippen molar-refractivity contribution in [2.24, 2.45) is 0 Å². The molecule has 0 spiro atoms. The van der Waals surface area contributed by atoms with E-state index in [1.165, 1.54) is 35.9 Å². The number of rotatable bonds is 5. The van der Waals surface area contributed by atoms with E-state index in [2.05, 4.69) is 10.3 Å². The molecule has 0 radical (unpaired) electrons. The van der Waals surface area contributed by atoms with Crippen molar-refractivity contribution < 1.29 is 12.8 Å². The van der Waals surface area contributed by atoms with E-state index in [4.69, 9.17) is 0 Å². The van der Waals surface area contributed by atoms with Crippen LogP contribution in [0.3, 0.4) is 0 Å². The number of sulfonamides is 1. The van der Waals surface area contributed by atoms with Gasteiger partial charge in [-0.05, 0) is 23.8 Å². The number of hydrogen-bond donors (Lipinski definition) is 1. The zero-order valence-electron chi connectivity index (χ0n) is 11.7. The fraction of sp³-hybridized carbons (Fsp3) is 0.214. The standard InChI is InChI=1S/C14H16FN3O2S/c1-16-13-7-8-17-9-14(13)21(19,20)18(2)10-11-3-5-12(15)6-4-11/h3-9H,10H2,1-2H3,(H,16,17). The second-order valence-electron chi connectivity index (χ2n) is 4.51. The fourth-order valence-corrected chi connectivity index (χ4v) is 3.19. The molecule has 5 nitrogen and oxygen atoms in total. The molecule has 0 saturated carbocycles. The Bertz CT molecular complexity index is 717. The van der Waals surface area contributed by atoms with Gasteiger partial charge in [0.05, 0.1) is 5.69 Å². The minimum absolute atomic E-state index is 0.108. The average Bonchev–Trinajstić information content (AvgIpc) is 2.49. The molecule has 0 aliphatic carbocycles. The molecule has 2 rings (SSSR count). The Hall–Kier alpha value is -1.99. The number of halogens is 1. The Kier molecular flexibility index (Phi) is 4.54. The van der Waals surface area contributed by atoms with Crippen LogP contribution >= 0.6 is 0 Å². The number of benzene rings is 1. The van der Waals surface area contributed by atoms with Crippen LogP contribution in [0.1, 0.15) is 5.56 Å². The Morgan fingerprint density at radius 2 is 1.90 bits per heavy atom. The quantitative estimate of drug-likeness (QED) is 0.918. The summed E-state index contributed by atoms with van der Waals surface area (Å²) in [4.78, 5) is 3.97. The van der Waals surface area contributed by atoms with Gasteiger partial charge >= 0.3 is 0 Å². The van der Waals surface area contributed by atoms with E-state index in [9.17, 15) is 12.8 Å². The van der Waals surface area contributed by atoms with Crippen molar-refractivity contribution in [3.8, 4) is 0 Å². The lowest BCUT2D eigenvalue weighted by Gasteiger charge is -2.19. The molecule has 2 aromatic rings. The SMILES string of the molecule is CNc1ccncc1S(=O)(=O)N(C)Cc1ccc(F)cc1. The van der Waals surface area contributed by atoms with E-state index in [-0.39, 0.29) is 17.3 Å². The molecule has 1 aromatic carbocycles. The first-order valence-electron chi connectivity index (χ1n) is 6.27. The van der Waals surface area contributed by atoms with Crippen molar-refractivity contribution in [3.63, 3.8) is 0 Å². The monoisotopic (exact) mass is 309 g/mol. The molecule has 7 heteroatoms. The minimum Gasteiger partial charge on any atom is -0.387 e. The van der Waals surface area contributed by atoms with Crippen LogP contribution < -0.4 is 5.32 Å². The molecule has 1 heterocycles. The number of pyridine rings is 1. The molecule has 112 valence electrons. The highest BCUT2D eigenvalue weighted by Gasteiger charge is 2.24. The van der Waals surface area contributed by atoms with Crippen LogP contribution in [0.15, 0.2) is 47.6 Å². The Morgan fingerprint density at radius 1 is 1.24 bits per heavy atom. The summed E-state index contributed by atoms with van der Waals surface area (Å²) in [6, 6.07) is 7.32. The number of aromatic nitrogens is 1. The normalized spacial score (nSPS) is 11.6. The van der Waals surface area contributed by atoms with Gasteiger partial charge in [0.1, 0.15) is 10.7 Å². The van der Waals surface area contributed by atoms with Gasteiger partial charge in [0, 0.05) is 33.0 Å². The van der Waals surface area contributed by atoms with Gasteiger partial charge in [0.2, 0.25) is 10.0 Å². The van der Waals surface area contributed by atoms with E-state index in [0.717, 1.165) is 0 Å². The van der Waals surface area contributed by atoms with Crippen LogP contribution in [-0.4, -0.2) is 31.8 Å². The highest BCUT2D eigenvalue weighted by atomic mass is 32.2. The van der Waals surface area contributed by atoms with Gasteiger partial charge in [-0.25, -0.2) is 12.8 Å². The number of hydrogen-bond acceptors (Lipinski definition) is 4. The van der Waals surface area contributed by atoms with Crippen LogP contribution in [-0.2, 0) is 16.6 Å². The van der Waals surface area contributed by atoms with Crippen LogP contribution in [0, 0.1) is 5.82 Å². The van der Waals surface area contributed by atoms with Gasteiger partial charge in [-0.2, -0.15) is 4.31 Å². The van der Waals surface area contributed by atoms with E-state index >= 15 is 0 Å². The minimum atomic E-state index is -3.68. The lowest BCUT2D eigenvalue weighted by molar-refractivity contribution is 0.466. The van der Waals surface area contributed by atoms with Gasteiger partial charge in [-0.3, -0.25) is 4.98 Å². The summed E-state index contributed by atoms with van der Waals surface area (Å²) >= 11 is 0. The molecule has 0 fully saturated rings. The number of anilines is 1. The molecule has 0 amide bonds. The van der Waals surface area contributed by atoms with Gasteiger partial charge in [0.25, 0.3) is 0 Å². The second kappa shape index (κ2) is 6.19. The van der Waals surface area contributed by atoms with E-state index < -0.39 is 10.0 Å². The Labute approximate surface area is 123 Å². The molecule has 0 saturated heterocycles. The number of nitrogens with one attached hydrogen (secondary N) is 1. The lowest BCUT2D eigenvalue weighted by Crippen LogP contribution is -2.27. The van der Waals surface area contributed by atoms with Crippen molar-refractivity contribution in [2.45, 2.75) is 11.4 Å². The topological polar surface area (TPSA) is 62.3 Å². The molecule has 0 atom stereocenters. The third-order valence-electron chi connectivity index (χ3n) is 3.06. The molecular formula is C14H16FN3O2S. The Morgan fingerprint density at radius 3 is 2.52 bits per heavy atom. The Balaban J connectivity index is 2.28. The zero-order chi connectivity index (χ0) is 15.5. The van der Waals surface area contributed by atoms with Crippen LogP contribution in [0.4, 0.5) is 10.1 Å². The fourth-order valence-electron chi connectivity index (χ4n) is 1.89. The van der Waals surface area contributed by atoms with Crippen molar-refractivity contribution in [1.29, 1.82) is 0 Å². The van der Waals surface area contributed by atoms with Gasteiger partial charge in [-0.1, -0.05) is 12.1 Å². The smallest absolute Gasteiger partial charge is 0.246 e. The highest BCUT2D eigenvalue weighted by Crippen LogP contribution is 2.23. The summed E-state index contributed by atoms with van der Waals surface area (Å²) < 4.78 is 39.2. The summed E-state index contributed by atoms with van der Waals surface area (Å²) in [5, 5.41) is 2.83. The third-order valence-corrected chi connectivity index (χ3v) is 4.89. The van der Waals surface area contributed by atoms with Gasteiger partial charge in [-0.15, -0.1) is 0 Å². The maximum absolute atomic E-state index is 12.9. The van der Waals surface area contributed by atoms with Crippen molar-refractivity contribution >= 4 is 15.7 Å². The van der Waals surface area contributed by atoms with Crippen molar-refractivity contribution in [1.82, 2.24) is 9.29 Å². The first-order valence-corrected chi connectivity index (χ1v) is 7.71. The molecule has 0 unspecified atom stereocenters. The summed E-state index contributed by atoms with van der Waals surface area (Å²) in [5.74, 6) is -0.353. The van der Waals surface area contributed by atoms with Gasteiger partial charge in [0.15, 0.2) is 0 Å². The number of nitrogens with zero attached hydrogens (tertiary/aromatic N) is 2. The van der Waals surface area contributed by atoms with Crippen molar-refractivity contribution in [2.75, 3.05) is 19.4 Å². The summed E-state index contributed by atoms with van der Waals surface area (Å²) in [5.41, 5.74) is 1.19.